The highest BCUT2D eigenvalue weighted by Crippen LogP contribution is 2.47. The Hall–Kier alpha value is -1.61. The number of nitrogens with one attached hydrogen (secondary N) is 2. The molecule has 0 aliphatic carbocycles. The molecule has 0 amide bonds. The van der Waals surface area contributed by atoms with Gasteiger partial charge in [0, 0.05) is 32.0 Å². The lowest BCUT2D eigenvalue weighted by Crippen LogP contribution is -2.41. The number of hydrogen-bond acceptors (Lipinski definition) is 3. The van der Waals surface area contributed by atoms with Gasteiger partial charge in [-0.2, -0.15) is 0 Å². The van der Waals surface area contributed by atoms with Gasteiger partial charge in [-0.05, 0) is 18.4 Å². The van der Waals surface area contributed by atoms with Crippen molar-refractivity contribution in [1.29, 1.82) is 0 Å². The molecule has 1 aromatic heterocycles. The number of halogens is 1. The van der Waals surface area contributed by atoms with E-state index in [2.05, 4.69) is 37.3 Å². The van der Waals surface area contributed by atoms with Crippen LogP contribution in [0.2, 0.25) is 0 Å². The predicted octanol–water partition coefficient (Wildman–Crippen LogP) is 2.88. The number of imidazole rings is 1. The van der Waals surface area contributed by atoms with Crippen LogP contribution in [0.1, 0.15) is 18.7 Å². The summed E-state index contributed by atoms with van der Waals surface area (Å²) >= 11 is 0. The number of aromatic nitrogens is 2. The van der Waals surface area contributed by atoms with E-state index in [-0.39, 0.29) is 24.0 Å². The summed E-state index contributed by atoms with van der Waals surface area (Å²) in [4.78, 5) is 14.8. The van der Waals surface area contributed by atoms with Crippen LogP contribution >= 0.6 is 24.0 Å². The summed E-state index contributed by atoms with van der Waals surface area (Å²) in [5.74, 6) is 3.26. The number of rotatable bonds is 3. The van der Waals surface area contributed by atoms with Crippen molar-refractivity contribution in [2.24, 2.45) is 16.8 Å². The maximum atomic E-state index is 6.07. The molecule has 2 aromatic rings. The van der Waals surface area contributed by atoms with Crippen molar-refractivity contribution in [3.63, 3.8) is 0 Å². The van der Waals surface area contributed by atoms with Crippen molar-refractivity contribution >= 4 is 29.9 Å². The molecule has 0 saturated carbocycles. The summed E-state index contributed by atoms with van der Waals surface area (Å²) in [6.45, 7) is 2.76. The van der Waals surface area contributed by atoms with Gasteiger partial charge in [-0.3, -0.25) is 4.99 Å². The topological polar surface area (TPSA) is 65.5 Å². The minimum Gasteiger partial charge on any atom is -0.374 e. The van der Waals surface area contributed by atoms with Gasteiger partial charge in [0.05, 0.1) is 30.6 Å². The van der Waals surface area contributed by atoms with E-state index >= 15 is 0 Å². The molecule has 4 atom stereocenters. The number of likely N-dealkylation sites (tertiary alicyclic amines) is 1. The smallest absolute Gasteiger partial charge is 0.194 e. The molecule has 27 heavy (non-hydrogen) atoms. The van der Waals surface area contributed by atoms with Gasteiger partial charge in [0.2, 0.25) is 0 Å². The lowest BCUT2D eigenvalue weighted by atomic mass is 9.82. The summed E-state index contributed by atoms with van der Waals surface area (Å²) in [7, 11) is 1.86. The van der Waals surface area contributed by atoms with Crippen molar-refractivity contribution < 1.29 is 4.74 Å². The Morgan fingerprint density at radius 2 is 1.93 bits per heavy atom. The molecule has 1 aromatic carbocycles. The van der Waals surface area contributed by atoms with Crippen LogP contribution < -0.4 is 5.32 Å². The molecule has 2 N–H and O–H groups in total. The summed E-state index contributed by atoms with van der Waals surface area (Å²) in [5.41, 5.74) is 2.19. The monoisotopic (exact) mass is 479 g/mol. The molecule has 4 unspecified atom stereocenters. The van der Waals surface area contributed by atoms with Crippen molar-refractivity contribution in [2.75, 3.05) is 20.1 Å². The van der Waals surface area contributed by atoms with E-state index in [0.29, 0.717) is 30.6 Å². The summed E-state index contributed by atoms with van der Waals surface area (Å²) < 4.78 is 6.07. The predicted molar refractivity (Wildman–Crippen MR) is 116 cm³/mol. The van der Waals surface area contributed by atoms with E-state index in [1.54, 1.807) is 0 Å². The second-order valence-corrected chi connectivity index (χ2v) is 7.53. The summed E-state index contributed by atoms with van der Waals surface area (Å²) in [6.07, 6.45) is 5.32. The molecule has 4 heterocycles. The van der Waals surface area contributed by atoms with Crippen LogP contribution in [0, 0.1) is 11.8 Å². The highest BCUT2D eigenvalue weighted by atomic mass is 127. The second kappa shape index (κ2) is 7.79. The van der Waals surface area contributed by atoms with Crippen LogP contribution in [-0.2, 0) is 11.3 Å². The number of fused-ring (bicyclic) bond motifs is 5. The summed E-state index contributed by atoms with van der Waals surface area (Å²) in [6, 6.07) is 10.3. The van der Waals surface area contributed by atoms with Gasteiger partial charge in [0.15, 0.2) is 5.96 Å². The number of benzene rings is 1. The number of nitrogens with zero attached hydrogens (tertiary/aromatic N) is 3. The summed E-state index contributed by atoms with van der Waals surface area (Å²) in [5, 5.41) is 3.47. The van der Waals surface area contributed by atoms with Crippen LogP contribution in [0.5, 0.6) is 0 Å². The molecule has 3 fully saturated rings. The minimum absolute atomic E-state index is 0. The van der Waals surface area contributed by atoms with Gasteiger partial charge >= 0.3 is 0 Å². The molecule has 5 rings (SSSR count). The fourth-order valence-electron chi connectivity index (χ4n) is 4.84. The normalized spacial score (nSPS) is 28.9. The first-order valence-electron chi connectivity index (χ1n) is 9.52. The number of ether oxygens (including phenoxy) is 1. The van der Waals surface area contributed by atoms with Crippen LogP contribution in [0.15, 0.2) is 41.5 Å². The highest BCUT2D eigenvalue weighted by Gasteiger charge is 2.53. The van der Waals surface area contributed by atoms with Gasteiger partial charge in [-0.1, -0.05) is 30.3 Å². The molecule has 144 valence electrons. The van der Waals surface area contributed by atoms with Crippen LogP contribution in [0.4, 0.5) is 0 Å². The minimum atomic E-state index is 0. The highest BCUT2D eigenvalue weighted by molar-refractivity contribution is 14.0. The molecule has 3 aliphatic rings. The zero-order valence-corrected chi connectivity index (χ0v) is 17.8. The van der Waals surface area contributed by atoms with E-state index in [0.717, 1.165) is 36.1 Å². The van der Waals surface area contributed by atoms with Crippen molar-refractivity contribution in [3.8, 4) is 11.3 Å². The molecular weight excluding hydrogens is 453 g/mol. The maximum Gasteiger partial charge on any atom is 0.194 e. The van der Waals surface area contributed by atoms with Crippen molar-refractivity contribution in [2.45, 2.75) is 31.6 Å². The van der Waals surface area contributed by atoms with Crippen LogP contribution in [0.3, 0.4) is 0 Å². The maximum absolute atomic E-state index is 6.07. The number of aromatic amines is 1. The van der Waals surface area contributed by atoms with Gasteiger partial charge < -0.3 is 19.9 Å². The van der Waals surface area contributed by atoms with E-state index in [1.807, 2.05) is 31.4 Å². The molecular formula is C20H26IN5O. The Bertz CT molecular complexity index is 790. The Kier molecular flexibility index (Phi) is 5.41. The average Bonchev–Trinajstić information content (AvgIpc) is 3.44. The fourth-order valence-corrected chi connectivity index (χ4v) is 4.84. The SMILES string of the molecule is CN=C(NCc1ncc(-c2ccccc2)[nH]1)N1CC2C3CCC(O3)C2C1.I. The Morgan fingerprint density at radius 3 is 2.59 bits per heavy atom. The number of H-pyrrole nitrogens is 1. The van der Waals surface area contributed by atoms with Gasteiger partial charge in [0.1, 0.15) is 5.82 Å². The van der Waals surface area contributed by atoms with Crippen molar-refractivity contribution in [1.82, 2.24) is 20.2 Å². The zero-order valence-electron chi connectivity index (χ0n) is 15.5. The first-order valence-corrected chi connectivity index (χ1v) is 9.52. The van der Waals surface area contributed by atoms with Gasteiger partial charge in [-0.25, -0.2) is 4.98 Å². The number of guanidine groups is 1. The number of aliphatic imine (C=N–C) groups is 1. The third-order valence-corrected chi connectivity index (χ3v) is 6.09. The molecule has 3 saturated heterocycles. The van der Waals surface area contributed by atoms with Crippen molar-refractivity contribution in [3.05, 3.63) is 42.4 Å². The third kappa shape index (κ3) is 3.47. The van der Waals surface area contributed by atoms with E-state index < -0.39 is 0 Å². The molecule has 0 spiro atoms. The molecule has 7 heteroatoms. The molecule has 2 bridgehead atoms. The fraction of sp³-hybridized carbons (Fsp3) is 0.500. The lowest BCUT2D eigenvalue weighted by Gasteiger charge is -2.23. The average molecular weight is 479 g/mol. The molecule has 6 nitrogen and oxygen atoms in total. The molecule has 0 radical (unpaired) electrons. The second-order valence-electron chi connectivity index (χ2n) is 7.53. The largest absolute Gasteiger partial charge is 0.374 e. The van der Waals surface area contributed by atoms with E-state index in [4.69, 9.17) is 4.74 Å². The first kappa shape index (κ1) is 18.7. The van der Waals surface area contributed by atoms with Gasteiger partial charge in [0.25, 0.3) is 0 Å². The molecule has 3 aliphatic heterocycles. The standard InChI is InChI=1S/C20H25N5O.HI/c1-21-20(25-11-14-15(12-25)18-8-7-17(14)26-18)23-10-19-22-9-16(24-19)13-5-3-2-4-6-13;/h2-6,9,14-15,17-18H,7-8,10-12H2,1H3,(H,21,23)(H,22,24);1H. The lowest BCUT2D eigenvalue weighted by molar-refractivity contribution is 0.0767. The van der Waals surface area contributed by atoms with Crippen LogP contribution in [-0.4, -0.2) is 53.2 Å². The Balaban J connectivity index is 0.00000180. The first-order chi connectivity index (χ1) is 12.8. The van der Waals surface area contributed by atoms with E-state index in [1.165, 1.54) is 12.8 Å². The quantitative estimate of drug-likeness (QED) is 0.404. The zero-order chi connectivity index (χ0) is 17.5. The van der Waals surface area contributed by atoms with Gasteiger partial charge in [-0.15, -0.1) is 24.0 Å². The van der Waals surface area contributed by atoms with Crippen LogP contribution in [0.25, 0.3) is 11.3 Å². The Morgan fingerprint density at radius 1 is 1.22 bits per heavy atom. The third-order valence-electron chi connectivity index (χ3n) is 6.09. The van der Waals surface area contributed by atoms with E-state index in [9.17, 15) is 0 Å². The number of hydrogen-bond donors (Lipinski definition) is 2. The Labute approximate surface area is 176 Å².